The quantitative estimate of drug-likeness (QED) is 0.568. The minimum Gasteiger partial charge on any atom is -0.494 e. The summed E-state index contributed by atoms with van der Waals surface area (Å²) in [6.07, 6.45) is 2.54. The van der Waals surface area contributed by atoms with Crippen molar-refractivity contribution < 1.29 is 23.8 Å². The largest absolute Gasteiger partial charge is 0.494 e. The smallest absolute Gasteiger partial charge is 0.229 e. The molecule has 8 heteroatoms. The molecule has 33 heavy (non-hydrogen) atoms. The molecule has 8 nitrogen and oxygen atoms in total. The fourth-order valence-corrected chi connectivity index (χ4v) is 4.12. The fourth-order valence-electron chi connectivity index (χ4n) is 4.12. The van der Waals surface area contributed by atoms with Crippen molar-refractivity contribution in [1.29, 1.82) is 0 Å². The van der Waals surface area contributed by atoms with Gasteiger partial charge in [-0.15, -0.1) is 0 Å². The number of hydrogen-bond donors (Lipinski definition) is 1. The SMILES string of the molecule is COc1ccc(CCN2CC(C(=O)Nc3ccc(OC)c4ncccc34)CC2=O)cc1OC. The number of aromatic nitrogens is 1. The second-order valence-corrected chi connectivity index (χ2v) is 7.88. The van der Waals surface area contributed by atoms with Gasteiger partial charge < -0.3 is 24.4 Å². The summed E-state index contributed by atoms with van der Waals surface area (Å²) < 4.78 is 16.0. The van der Waals surface area contributed by atoms with Gasteiger partial charge in [0, 0.05) is 31.1 Å². The van der Waals surface area contributed by atoms with Gasteiger partial charge in [-0.25, -0.2) is 0 Å². The molecule has 1 aromatic heterocycles. The molecule has 2 heterocycles. The maximum Gasteiger partial charge on any atom is 0.229 e. The number of ether oxygens (including phenoxy) is 3. The molecule has 1 aliphatic heterocycles. The number of methoxy groups -OCH3 is 3. The molecule has 0 spiro atoms. The third kappa shape index (κ3) is 4.69. The topological polar surface area (TPSA) is 90.0 Å². The van der Waals surface area contributed by atoms with Crippen LogP contribution in [0, 0.1) is 5.92 Å². The molecule has 1 fully saturated rings. The minimum absolute atomic E-state index is 0.0168. The van der Waals surface area contributed by atoms with Gasteiger partial charge in [-0.3, -0.25) is 14.6 Å². The molecular weight excluding hydrogens is 422 g/mol. The van der Waals surface area contributed by atoms with Crippen molar-refractivity contribution in [2.45, 2.75) is 12.8 Å². The maximum atomic E-state index is 13.0. The van der Waals surface area contributed by atoms with Crippen LogP contribution >= 0.6 is 0 Å². The first-order valence-electron chi connectivity index (χ1n) is 10.7. The van der Waals surface area contributed by atoms with Gasteiger partial charge in [0.2, 0.25) is 11.8 Å². The van der Waals surface area contributed by atoms with Gasteiger partial charge in [0.1, 0.15) is 11.3 Å². The van der Waals surface area contributed by atoms with E-state index in [1.165, 1.54) is 0 Å². The molecule has 2 amide bonds. The van der Waals surface area contributed by atoms with Crippen LogP contribution in [0.5, 0.6) is 17.2 Å². The van der Waals surface area contributed by atoms with Crippen LogP contribution in [-0.4, -0.2) is 56.1 Å². The number of nitrogens with one attached hydrogen (secondary N) is 1. The highest BCUT2D eigenvalue weighted by atomic mass is 16.5. The number of fused-ring (bicyclic) bond motifs is 1. The molecule has 1 unspecified atom stereocenters. The normalized spacial score (nSPS) is 15.5. The van der Waals surface area contributed by atoms with Gasteiger partial charge in [0.15, 0.2) is 11.5 Å². The molecule has 172 valence electrons. The van der Waals surface area contributed by atoms with Crippen LogP contribution in [0.15, 0.2) is 48.7 Å². The van der Waals surface area contributed by atoms with Crippen molar-refractivity contribution in [1.82, 2.24) is 9.88 Å². The van der Waals surface area contributed by atoms with Gasteiger partial charge >= 0.3 is 0 Å². The third-order valence-electron chi connectivity index (χ3n) is 5.91. The van der Waals surface area contributed by atoms with Crippen molar-refractivity contribution in [2.24, 2.45) is 5.92 Å². The molecular formula is C25H27N3O5. The summed E-state index contributed by atoms with van der Waals surface area (Å²) in [5.41, 5.74) is 2.36. The van der Waals surface area contributed by atoms with Crippen LogP contribution in [0.4, 0.5) is 5.69 Å². The Kier molecular flexibility index (Phi) is 6.63. The van der Waals surface area contributed by atoms with Crippen LogP contribution in [0.1, 0.15) is 12.0 Å². The second kappa shape index (κ2) is 9.77. The van der Waals surface area contributed by atoms with E-state index in [0.29, 0.717) is 48.0 Å². The van der Waals surface area contributed by atoms with Crippen LogP contribution in [0.3, 0.4) is 0 Å². The van der Waals surface area contributed by atoms with Gasteiger partial charge in [0.25, 0.3) is 0 Å². The monoisotopic (exact) mass is 449 g/mol. The average Bonchev–Trinajstić information content (AvgIpc) is 3.23. The molecule has 0 bridgehead atoms. The number of carbonyl (C=O) groups is 2. The van der Waals surface area contributed by atoms with Crippen molar-refractivity contribution in [3.05, 3.63) is 54.2 Å². The Morgan fingerprint density at radius 2 is 1.82 bits per heavy atom. The zero-order chi connectivity index (χ0) is 23.4. The first kappa shape index (κ1) is 22.4. The standard InChI is InChI=1S/C25H27N3O5/c1-31-20-8-6-16(13-22(20)33-3)10-12-28-15-17(14-23(28)29)25(30)27-19-7-9-21(32-2)24-18(19)5-4-11-26-24/h4-9,11,13,17H,10,12,14-15H2,1-3H3,(H,27,30). The van der Waals surface area contributed by atoms with Crippen LogP contribution < -0.4 is 19.5 Å². The predicted octanol–water partition coefficient (Wildman–Crippen LogP) is 3.29. The van der Waals surface area contributed by atoms with E-state index in [9.17, 15) is 9.59 Å². The second-order valence-electron chi connectivity index (χ2n) is 7.88. The molecule has 1 saturated heterocycles. The Morgan fingerprint density at radius 1 is 1.06 bits per heavy atom. The van der Waals surface area contributed by atoms with Crippen molar-refractivity contribution >= 4 is 28.4 Å². The third-order valence-corrected chi connectivity index (χ3v) is 5.91. The van der Waals surface area contributed by atoms with Crippen molar-refractivity contribution in [3.63, 3.8) is 0 Å². The summed E-state index contributed by atoms with van der Waals surface area (Å²) in [7, 11) is 4.77. The number of likely N-dealkylation sites (tertiary alicyclic amines) is 1. The maximum absolute atomic E-state index is 13.0. The first-order chi connectivity index (χ1) is 16.0. The van der Waals surface area contributed by atoms with E-state index >= 15 is 0 Å². The number of amides is 2. The summed E-state index contributed by atoms with van der Waals surface area (Å²) in [6, 6.07) is 13.0. The summed E-state index contributed by atoms with van der Waals surface area (Å²) in [6.45, 7) is 0.928. The molecule has 3 aromatic rings. The zero-order valence-electron chi connectivity index (χ0n) is 19.0. The molecule has 1 atom stereocenters. The van der Waals surface area contributed by atoms with Gasteiger partial charge in [-0.05, 0) is 48.4 Å². The number of rotatable bonds is 8. The highest BCUT2D eigenvalue weighted by molar-refractivity contribution is 6.04. The number of carbonyl (C=O) groups excluding carboxylic acids is 2. The van der Waals surface area contributed by atoms with Gasteiger partial charge in [0.05, 0.1) is 32.9 Å². The average molecular weight is 450 g/mol. The van der Waals surface area contributed by atoms with Crippen molar-refractivity contribution in [3.8, 4) is 17.2 Å². The highest BCUT2D eigenvalue weighted by Gasteiger charge is 2.34. The van der Waals surface area contributed by atoms with Crippen LogP contribution in [0.2, 0.25) is 0 Å². The van der Waals surface area contributed by atoms with E-state index in [1.54, 1.807) is 44.6 Å². The summed E-state index contributed by atoms with van der Waals surface area (Å²) >= 11 is 0. The Bertz CT molecular complexity index is 1180. The molecule has 0 radical (unpaired) electrons. The summed E-state index contributed by atoms with van der Waals surface area (Å²) in [5.74, 6) is 1.36. The zero-order valence-corrected chi connectivity index (χ0v) is 19.0. The van der Waals surface area contributed by atoms with E-state index < -0.39 is 5.92 Å². The fraction of sp³-hybridized carbons (Fsp3) is 0.320. The van der Waals surface area contributed by atoms with E-state index in [0.717, 1.165) is 10.9 Å². The highest BCUT2D eigenvalue weighted by Crippen LogP contribution is 2.31. The lowest BCUT2D eigenvalue weighted by atomic mass is 10.1. The summed E-state index contributed by atoms with van der Waals surface area (Å²) in [5, 5.41) is 3.77. The number of pyridine rings is 1. The number of hydrogen-bond acceptors (Lipinski definition) is 6. The van der Waals surface area contributed by atoms with Crippen LogP contribution in [0.25, 0.3) is 10.9 Å². The Balaban J connectivity index is 1.40. The number of anilines is 1. The lowest BCUT2D eigenvalue weighted by Gasteiger charge is -2.17. The molecule has 2 aromatic carbocycles. The summed E-state index contributed by atoms with van der Waals surface area (Å²) in [4.78, 5) is 31.6. The molecule has 0 aliphatic carbocycles. The van der Waals surface area contributed by atoms with E-state index in [2.05, 4.69) is 10.3 Å². The molecule has 4 rings (SSSR count). The van der Waals surface area contributed by atoms with E-state index in [1.807, 2.05) is 30.3 Å². The minimum atomic E-state index is -0.406. The molecule has 1 aliphatic rings. The van der Waals surface area contributed by atoms with E-state index in [4.69, 9.17) is 14.2 Å². The molecule has 1 N–H and O–H groups in total. The first-order valence-corrected chi connectivity index (χ1v) is 10.7. The lowest BCUT2D eigenvalue weighted by Crippen LogP contribution is -2.30. The predicted molar refractivity (Wildman–Crippen MR) is 125 cm³/mol. The van der Waals surface area contributed by atoms with Crippen molar-refractivity contribution in [2.75, 3.05) is 39.7 Å². The van der Waals surface area contributed by atoms with Gasteiger partial charge in [-0.2, -0.15) is 0 Å². The Morgan fingerprint density at radius 3 is 2.58 bits per heavy atom. The number of benzene rings is 2. The lowest BCUT2D eigenvalue weighted by molar-refractivity contribution is -0.128. The van der Waals surface area contributed by atoms with E-state index in [-0.39, 0.29) is 18.2 Å². The Labute approximate surface area is 192 Å². The molecule has 0 saturated carbocycles. The van der Waals surface area contributed by atoms with Crippen LogP contribution in [-0.2, 0) is 16.0 Å². The van der Waals surface area contributed by atoms with Gasteiger partial charge in [-0.1, -0.05) is 6.07 Å². The Hall–Kier alpha value is -3.81. The number of nitrogens with zero attached hydrogens (tertiary/aromatic N) is 2.